The molecule has 2 aliphatic heterocycles. The molecule has 4 aromatic rings. The molecule has 1 aromatic heterocycles. The Balaban J connectivity index is 1.32. The average Bonchev–Trinajstić information content (AvgIpc) is 3.53. The summed E-state index contributed by atoms with van der Waals surface area (Å²) in [6.07, 6.45) is 3.13. The number of ether oxygens (including phenoxy) is 2. The van der Waals surface area contributed by atoms with Crippen LogP contribution in [0.15, 0.2) is 72.8 Å². The summed E-state index contributed by atoms with van der Waals surface area (Å²) in [5.41, 5.74) is 4.28. The number of nitrogens with zero attached hydrogens (tertiary/aromatic N) is 2. The van der Waals surface area contributed by atoms with E-state index >= 15 is 0 Å². The summed E-state index contributed by atoms with van der Waals surface area (Å²) in [7, 11) is 1.61. The number of benzene rings is 3. The fourth-order valence-corrected chi connectivity index (χ4v) is 6.11. The van der Waals surface area contributed by atoms with E-state index in [1.807, 2.05) is 48.5 Å². The third-order valence-corrected chi connectivity index (χ3v) is 8.26. The van der Waals surface area contributed by atoms with E-state index in [9.17, 15) is 14.4 Å². The minimum atomic E-state index is -0.720. The van der Waals surface area contributed by atoms with Gasteiger partial charge in [0.25, 0.3) is 11.8 Å². The Hall–Kier alpha value is -4.63. The molecule has 4 amide bonds. The maximum Gasteiger partial charge on any atom is 0.332 e. The number of nitrogens with one attached hydrogen (secondary N) is 2. The van der Waals surface area contributed by atoms with E-state index < -0.39 is 18.1 Å². The summed E-state index contributed by atoms with van der Waals surface area (Å²) in [4.78, 5) is 48.1. The van der Waals surface area contributed by atoms with Crippen LogP contribution in [0.3, 0.4) is 0 Å². The number of para-hydroxylation sites is 2. The predicted octanol–water partition coefficient (Wildman–Crippen LogP) is 5.60. The zero-order chi connectivity index (χ0) is 29.9. The number of imide groups is 1. The first kappa shape index (κ1) is 28.5. The predicted molar refractivity (Wildman–Crippen MR) is 164 cm³/mol. The second-order valence-corrected chi connectivity index (χ2v) is 10.9. The minimum absolute atomic E-state index is 0.279. The normalized spacial score (nSPS) is 17.7. The lowest BCUT2D eigenvalue weighted by molar-refractivity contribution is -0.120. The Morgan fingerprint density at radius 1 is 0.977 bits per heavy atom. The summed E-state index contributed by atoms with van der Waals surface area (Å²) in [5, 5.41) is 3.96. The molecule has 43 heavy (non-hydrogen) atoms. The molecule has 1 unspecified atom stereocenters. The van der Waals surface area contributed by atoms with Gasteiger partial charge in [-0.3, -0.25) is 14.5 Å². The van der Waals surface area contributed by atoms with Crippen molar-refractivity contribution in [3.8, 4) is 5.75 Å². The lowest BCUT2D eigenvalue weighted by atomic mass is 9.89. The molecule has 0 spiro atoms. The van der Waals surface area contributed by atoms with E-state index in [0.717, 1.165) is 40.6 Å². The Morgan fingerprint density at radius 2 is 1.72 bits per heavy atom. The van der Waals surface area contributed by atoms with Crippen LogP contribution in [0.2, 0.25) is 0 Å². The number of fused-ring (bicyclic) bond motifs is 4. The second kappa shape index (κ2) is 12.3. The molecule has 2 N–H and O–H groups in total. The summed E-state index contributed by atoms with van der Waals surface area (Å²) in [6.45, 7) is 3.81. The number of anilines is 1. The van der Waals surface area contributed by atoms with Gasteiger partial charge in [-0.2, -0.15) is 0 Å². The van der Waals surface area contributed by atoms with Crippen molar-refractivity contribution in [3.05, 3.63) is 95.2 Å². The second-order valence-electron chi connectivity index (χ2n) is 10.9. The van der Waals surface area contributed by atoms with Crippen molar-refractivity contribution in [1.82, 2.24) is 15.2 Å². The van der Waals surface area contributed by atoms with Crippen LogP contribution in [0.25, 0.3) is 10.9 Å². The minimum Gasteiger partial charge on any atom is -0.497 e. The monoisotopic (exact) mass is 580 g/mol. The van der Waals surface area contributed by atoms with Crippen molar-refractivity contribution in [2.75, 3.05) is 31.8 Å². The first-order chi connectivity index (χ1) is 21.0. The van der Waals surface area contributed by atoms with Crippen LogP contribution in [0, 0.1) is 0 Å². The Kier molecular flexibility index (Phi) is 8.16. The number of aromatic nitrogens is 1. The Labute approximate surface area is 250 Å². The van der Waals surface area contributed by atoms with Gasteiger partial charge in [0.15, 0.2) is 0 Å². The topological polar surface area (TPSA) is 104 Å². The number of hydrogen-bond acceptors (Lipinski definition) is 5. The first-order valence-electron chi connectivity index (χ1n) is 14.9. The van der Waals surface area contributed by atoms with E-state index in [1.54, 1.807) is 36.3 Å². The number of carbonyl (C=O) groups excluding carboxylic acids is 3. The smallest absolute Gasteiger partial charge is 0.332 e. The van der Waals surface area contributed by atoms with Gasteiger partial charge < -0.3 is 19.8 Å². The van der Waals surface area contributed by atoms with E-state index in [0.29, 0.717) is 38.3 Å². The van der Waals surface area contributed by atoms with Crippen molar-refractivity contribution in [2.45, 2.75) is 44.7 Å². The Bertz CT molecular complexity index is 1650. The van der Waals surface area contributed by atoms with Gasteiger partial charge in [-0.05, 0) is 54.3 Å². The fourth-order valence-electron chi connectivity index (χ4n) is 6.11. The quantitative estimate of drug-likeness (QED) is 0.178. The molecule has 6 rings (SSSR count). The van der Waals surface area contributed by atoms with Crippen LogP contribution in [-0.2, 0) is 16.0 Å². The largest absolute Gasteiger partial charge is 0.497 e. The molecule has 222 valence electrons. The molecule has 3 aromatic carbocycles. The van der Waals surface area contributed by atoms with Crippen LogP contribution in [0.5, 0.6) is 5.75 Å². The summed E-state index contributed by atoms with van der Waals surface area (Å²) >= 11 is 0. The van der Waals surface area contributed by atoms with Crippen molar-refractivity contribution in [2.24, 2.45) is 0 Å². The van der Waals surface area contributed by atoms with Gasteiger partial charge in [-0.25, -0.2) is 9.69 Å². The number of unbranched alkanes of at least 4 members (excludes halogenated alkanes) is 1. The van der Waals surface area contributed by atoms with Crippen LogP contribution >= 0.6 is 0 Å². The van der Waals surface area contributed by atoms with Gasteiger partial charge in [0.1, 0.15) is 17.8 Å². The summed E-state index contributed by atoms with van der Waals surface area (Å²) in [6, 6.07) is 20.6. The van der Waals surface area contributed by atoms with Gasteiger partial charge in [0.2, 0.25) is 0 Å². The van der Waals surface area contributed by atoms with Crippen LogP contribution in [0.1, 0.15) is 59.4 Å². The fraction of sp³-hybridized carbons (Fsp3) is 0.324. The summed E-state index contributed by atoms with van der Waals surface area (Å²) < 4.78 is 11.0. The van der Waals surface area contributed by atoms with Gasteiger partial charge in [0.05, 0.1) is 18.4 Å². The van der Waals surface area contributed by atoms with Gasteiger partial charge in [-0.1, -0.05) is 55.8 Å². The lowest BCUT2D eigenvalue weighted by Crippen LogP contribution is -2.44. The van der Waals surface area contributed by atoms with E-state index in [2.05, 4.69) is 17.2 Å². The van der Waals surface area contributed by atoms with Crippen molar-refractivity contribution >= 4 is 34.4 Å². The van der Waals surface area contributed by atoms with E-state index in [1.165, 1.54) is 4.90 Å². The average molecular weight is 581 g/mol. The molecular weight excluding hydrogens is 544 g/mol. The highest BCUT2D eigenvalue weighted by Crippen LogP contribution is 2.45. The zero-order valence-corrected chi connectivity index (χ0v) is 24.5. The summed E-state index contributed by atoms with van der Waals surface area (Å²) in [5.74, 6) is 0.0208. The standard InChI is InChI=1S/C34H36N4O5/c1-3-4-19-43-20-9-18-35-32(39)25-11-6-8-13-28(25)38-33(40)29-21-26-24-10-5-7-12-27(24)36-30(26)31(37(29)34(38)41)22-14-16-23(42-2)17-15-22/h5-8,10-17,29,31,36H,3-4,9,18-21H2,1-2H3,(H,35,39)/t29-,31?/m0/s1. The molecule has 3 heterocycles. The number of hydrogen-bond donors (Lipinski definition) is 2. The third-order valence-electron chi connectivity index (χ3n) is 8.26. The molecule has 2 atom stereocenters. The molecule has 1 saturated heterocycles. The molecular formula is C34H36N4O5. The van der Waals surface area contributed by atoms with Crippen LogP contribution < -0.4 is 15.0 Å². The first-order valence-corrected chi connectivity index (χ1v) is 14.9. The number of rotatable bonds is 11. The van der Waals surface area contributed by atoms with Gasteiger partial charge >= 0.3 is 6.03 Å². The van der Waals surface area contributed by atoms with Crippen molar-refractivity contribution in [3.63, 3.8) is 0 Å². The molecule has 0 saturated carbocycles. The lowest BCUT2D eigenvalue weighted by Gasteiger charge is -2.36. The van der Waals surface area contributed by atoms with Crippen LogP contribution in [0.4, 0.5) is 10.5 Å². The van der Waals surface area contributed by atoms with Crippen molar-refractivity contribution < 1.29 is 23.9 Å². The number of H-pyrrole nitrogens is 1. The van der Waals surface area contributed by atoms with E-state index in [4.69, 9.17) is 9.47 Å². The molecule has 9 heteroatoms. The van der Waals surface area contributed by atoms with Crippen LogP contribution in [-0.4, -0.2) is 60.6 Å². The molecule has 9 nitrogen and oxygen atoms in total. The SMILES string of the molecule is CCCCOCCCNC(=O)c1ccccc1N1C(=O)[C@@H]2Cc3c([nH]c4ccccc34)C(c3ccc(OC)cc3)N2C1=O. The number of amides is 4. The van der Waals surface area contributed by atoms with Gasteiger partial charge in [-0.15, -0.1) is 0 Å². The maximum absolute atomic E-state index is 14.3. The van der Waals surface area contributed by atoms with E-state index in [-0.39, 0.29) is 23.1 Å². The molecule has 0 bridgehead atoms. The van der Waals surface area contributed by atoms with Gasteiger partial charge in [0, 0.05) is 42.8 Å². The molecule has 0 aliphatic carbocycles. The highest BCUT2D eigenvalue weighted by Gasteiger charge is 2.53. The Morgan fingerprint density at radius 3 is 2.51 bits per heavy atom. The molecule has 2 aliphatic rings. The number of aromatic amines is 1. The molecule has 0 radical (unpaired) electrons. The van der Waals surface area contributed by atoms with Crippen molar-refractivity contribution in [1.29, 1.82) is 0 Å². The molecule has 1 fully saturated rings. The zero-order valence-electron chi connectivity index (χ0n) is 24.5. The highest BCUT2D eigenvalue weighted by molar-refractivity contribution is 6.24. The number of carbonyl (C=O) groups is 3. The maximum atomic E-state index is 14.3. The number of urea groups is 1. The third kappa shape index (κ3) is 5.25. The number of methoxy groups -OCH3 is 1. The highest BCUT2D eigenvalue weighted by atomic mass is 16.5.